The summed E-state index contributed by atoms with van der Waals surface area (Å²) >= 11 is 6.25. The molecule has 3 rings (SSSR count). The number of nitrogens with one attached hydrogen (secondary N) is 1. The van der Waals surface area contributed by atoms with Crippen LogP contribution in [0, 0.1) is 23.7 Å². The average Bonchev–Trinajstić information content (AvgIpc) is 2.52. The first-order valence-corrected chi connectivity index (χ1v) is 5.14. The Morgan fingerprint density at radius 2 is 1.82 bits per heavy atom. The second kappa shape index (κ2) is 2.14. The summed E-state index contributed by atoms with van der Waals surface area (Å²) in [7, 11) is 0. The maximum Gasteiger partial charge on any atom is 0.0370 e. The molecule has 2 aliphatic carbocycles. The van der Waals surface area contributed by atoms with E-state index >= 15 is 0 Å². The van der Waals surface area contributed by atoms with Crippen LogP contribution in [0.4, 0.5) is 0 Å². The van der Waals surface area contributed by atoms with E-state index in [-0.39, 0.29) is 0 Å². The van der Waals surface area contributed by atoms with Gasteiger partial charge in [0.05, 0.1) is 0 Å². The van der Waals surface area contributed by atoms with Gasteiger partial charge in [-0.2, -0.15) is 0 Å². The quantitative estimate of drug-likeness (QED) is 0.545. The van der Waals surface area contributed by atoms with Gasteiger partial charge in [-0.3, -0.25) is 0 Å². The van der Waals surface area contributed by atoms with Gasteiger partial charge >= 0.3 is 0 Å². The second-order valence-electron chi connectivity index (χ2n) is 4.40. The standard InChI is InChI=1S/C9H14ClN/c10-9-2-5-1-6(9)8-4-11-3-7(5)8/h5-9,11H,1-4H2/t5-,6+,7-,8-,9+/m1/s1. The van der Waals surface area contributed by atoms with E-state index < -0.39 is 0 Å². The van der Waals surface area contributed by atoms with Gasteiger partial charge in [-0.15, -0.1) is 11.6 Å². The summed E-state index contributed by atoms with van der Waals surface area (Å²) in [6.45, 7) is 2.52. The lowest BCUT2D eigenvalue weighted by Crippen LogP contribution is -2.27. The third kappa shape index (κ3) is 0.762. The second-order valence-corrected chi connectivity index (χ2v) is 4.96. The topological polar surface area (TPSA) is 12.0 Å². The SMILES string of the molecule is Cl[C@H]1C[C@H]2C[C@H]1[C@H]1CNC[C@H]21. The molecule has 0 amide bonds. The Morgan fingerprint density at radius 1 is 1.00 bits per heavy atom. The monoisotopic (exact) mass is 171 g/mol. The van der Waals surface area contributed by atoms with E-state index in [1.807, 2.05) is 0 Å². The molecular weight excluding hydrogens is 158 g/mol. The Bertz CT molecular complexity index is 182. The summed E-state index contributed by atoms with van der Waals surface area (Å²) in [5.74, 6) is 3.77. The van der Waals surface area contributed by atoms with Crippen molar-refractivity contribution in [3.05, 3.63) is 0 Å². The highest BCUT2D eigenvalue weighted by Crippen LogP contribution is 2.55. The van der Waals surface area contributed by atoms with Gasteiger partial charge in [0.1, 0.15) is 0 Å². The number of rotatable bonds is 0. The number of fused-ring (bicyclic) bond motifs is 5. The molecule has 5 atom stereocenters. The maximum absolute atomic E-state index is 6.25. The first-order valence-electron chi connectivity index (χ1n) is 4.71. The number of hydrogen-bond acceptors (Lipinski definition) is 1. The maximum atomic E-state index is 6.25. The molecule has 3 fully saturated rings. The van der Waals surface area contributed by atoms with Gasteiger partial charge in [0.25, 0.3) is 0 Å². The zero-order valence-electron chi connectivity index (χ0n) is 6.59. The molecule has 2 bridgehead atoms. The van der Waals surface area contributed by atoms with E-state index in [1.165, 1.54) is 25.9 Å². The van der Waals surface area contributed by atoms with Crippen LogP contribution in [0.2, 0.25) is 0 Å². The molecular formula is C9H14ClN. The van der Waals surface area contributed by atoms with Crippen molar-refractivity contribution in [2.24, 2.45) is 23.7 Å². The van der Waals surface area contributed by atoms with Crippen LogP contribution >= 0.6 is 11.6 Å². The Morgan fingerprint density at radius 3 is 2.73 bits per heavy atom. The molecule has 0 unspecified atom stereocenters. The summed E-state index contributed by atoms with van der Waals surface area (Å²) in [6.07, 6.45) is 2.74. The minimum Gasteiger partial charge on any atom is -0.316 e. The van der Waals surface area contributed by atoms with E-state index in [0.29, 0.717) is 5.38 Å². The van der Waals surface area contributed by atoms with E-state index in [9.17, 15) is 0 Å². The summed E-state index contributed by atoms with van der Waals surface area (Å²) in [5, 5.41) is 4.00. The van der Waals surface area contributed by atoms with Gasteiger partial charge in [-0.1, -0.05) is 0 Å². The largest absolute Gasteiger partial charge is 0.316 e. The average molecular weight is 172 g/mol. The van der Waals surface area contributed by atoms with E-state index in [0.717, 1.165) is 23.7 Å². The molecule has 2 heteroatoms. The first kappa shape index (κ1) is 6.73. The van der Waals surface area contributed by atoms with Gasteiger partial charge in [-0.25, -0.2) is 0 Å². The van der Waals surface area contributed by atoms with Crippen LogP contribution in [0.1, 0.15) is 12.8 Å². The van der Waals surface area contributed by atoms with Gasteiger partial charge in [0.15, 0.2) is 0 Å². The molecule has 0 aromatic heterocycles. The van der Waals surface area contributed by atoms with Crippen LogP contribution in [0.15, 0.2) is 0 Å². The minimum atomic E-state index is 0.515. The van der Waals surface area contributed by atoms with E-state index in [2.05, 4.69) is 5.32 Å². The molecule has 62 valence electrons. The van der Waals surface area contributed by atoms with Crippen molar-refractivity contribution in [2.75, 3.05) is 13.1 Å². The Labute approximate surface area is 72.5 Å². The fraction of sp³-hybridized carbons (Fsp3) is 1.00. The van der Waals surface area contributed by atoms with Crippen molar-refractivity contribution >= 4 is 11.6 Å². The Kier molecular flexibility index (Phi) is 1.31. The highest BCUT2D eigenvalue weighted by molar-refractivity contribution is 6.21. The van der Waals surface area contributed by atoms with Crippen molar-refractivity contribution in [1.29, 1.82) is 0 Å². The van der Waals surface area contributed by atoms with Gasteiger partial charge in [-0.05, 0) is 49.6 Å². The van der Waals surface area contributed by atoms with Crippen LogP contribution in [0.3, 0.4) is 0 Å². The lowest BCUT2D eigenvalue weighted by molar-refractivity contribution is 0.285. The number of hydrogen-bond donors (Lipinski definition) is 1. The summed E-state index contributed by atoms with van der Waals surface area (Å²) in [6, 6.07) is 0. The van der Waals surface area contributed by atoms with Crippen molar-refractivity contribution < 1.29 is 0 Å². The molecule has 0 radical (unpaired) electrons. The number of alkyl halides is 1. The summed E-state index contributed by atoms with van der Waals surface area (Å²) in [5.41, 5.74) is 0. The van der Waals surface area contributed by atoms with Crippen molar-refractivity contribution in [1.82, 2.24) is 5.32 Å². The third-order valence-corrected chi connectivity index (χ3v) is 4.53. The molecule has 1 heterocycles. The van der Waals surface area contributed by atoms with Crippen LogP contribution < -0.4 is 5.32 Å². The summed E-state index contributed by atoms with van der Waals surface area (Å²) < 4.78 is 0. The molecule has 11 heavy (non-hydrogen) atoms. The fourth-order valence-corrected chi connectivity index (χ4v) is 4.07. The zero-order chi connectivity index (χ0) is 7.42. The van der Waals surface area contributed by atoms with Gasteiger partial charge < -0.3 is 5.32 Å². The lowest BCUT2D eigenvalue weighted by atomic mass is 9.82. The van der Waals surface area contributed by atoms with Crippen molar-refractivity contribution in [3.63, 3.8) is 0 Å². The third-order valence-electron chi connectivity index (χ3n) is 4.03. The molecule has 2 saturated carbocycles. The first-order chi connectivity index (χ1) is 5.36. The number of halogens is 1. The van der Waals surface area contributed by atoms with Crippen molar-refractivity contribution in [3.8, 4) is 0 Å². The summed E-state index contributed by atoms with van der Waals surface area (Å²) in [4.78, 5) is 0. The van der Waals surface area contributed by atoms with Crippen LogP contribution in [-0.4, -0.2) is 18.5 Å². The predicted molar refractivity (Wildman–Crippen MR) is 45.7 cm³/mol. The van der Waals surface area contributed by atoms with Crippen LogP contribution in [0.25, 0.3) is 0 Å². The molecule has 3 aliphatic rings. The van der Waals surface area contributed by atoms with E-state index in [4.69, 9.17) is 11.6 Å². The van der Waals surface area contributed by atoms with Crippen LogP contribution in [0.5, 0.6) is 0 Å². The molecule has 1 N–H and O–H groups in total. The Hall–Kier alpha value is 0.250. The van der Waals surface area contributed by atoms with E-state index in [1.54, 1.807) is 0 Å². The normalized spacial score (nSPS) is 60.3. The van der Waals surface area contributed by atoms with Crippen LogP contribution in [-0.2, 0) is 0 Å². The highest BCUT2D eigenvalue weighted by atomic mass is 35.5. The highest BCUT2D eigenvalue weighted by Gasteiger charge is 2.53. The lowest BCUT2D eigenvalue weighted by Gasteiger charge is -2.26. The molecule has 0 aromatic rings. The van der Waals surface area contributed by atoms with Gasteiger partial charge in [0, 0.05) is 5.38 Å². The molecule has 0 spiro atoms. The fourth-order valence-electron chi connectivity index (χ4n) is 3.55. The molecule has 1 nitrogen and oxygen atoms in total. The van der Waals surface area contributed by atoms with Crippen molar-refractivity contribution in [2.45, 2.75) is 18.2 Å². The minimum absolute atomic E-state index is 0.515. The smallest absolute Gasteiger partial charge is 0.0370 e. The molecule has 0 aromatic carbocycles. The predicted octanol–water partition coefficient (Wildman–Crippen LogP) is 1.47. The van der Waals surface area contributed by atoms with Gasteiger partial charge in [0.2, 0.25) is 0 Å². The molecule has 1 aliphatic heterocycles. The Balaban J connectivity index is 1.90. The molecule has 1 saturated heterocycles. The zero-order valence-corrected chi connectivity index (χ0v) is 7.35.